The summed E-state index contributed by atoms with van der Waals surface area (Å²) in [6, 6.07) is 6.41. The van der Waals surface area contributed by atoms with E-state index in [1.54, 1.807) is 42.1 Å². The molecule has 1 aromatic heterocycles. The third-order valence-electron chi connectivity index (χ3n) is 2.68. The van der Waals surface area contributed by atoms with Crippen molar-refractivity contribution in [2.45, 2.75) is 13.0 Å². The molecule has 1 amide bonds. The van der Waals surface area contributed by atoms with Crippen molar-refractivity contribution in [1.82, 2.24) is 9.78 Å². The van der Waals surface area contributed by atoms with Crippen molar-refractivity contribution < 1.29 is 4.79 Å². The van der Waals surface area contributed by atoms with Crippen LogP contribution in [0.2, 0.25) is 10.0 Å². The highest BCUT2D eigenvalue weighted by Gasteiger charge is 2.15. The van der Waals surface area contributed by atoms with E-state index in [2.05, 4.69) is 15.7 Å². The molecule has 0 fully saturated rings. The average molecular weight is 313 g/mol. The SMILES string of the molecule is CC(Nc1ccn(C)n1)C(=O)Nc1cccc(Cl)c1Cl. The number of nitrogens with one attached hydrogen (secondary N) is 2. The highest BCUT2D eigenvalue weighted by Crippen LogP contribution is 2.29. The first-order valence-corrected chi connectivity index (χ1v) is 6.74. The lowest BCUT2D eigenvalue weighted by molar-refractivity contribution is -0.116. The summed E-state index contributed by atoms with van der Waals surface area (Å²) in [6.45, 7) is 1.74. The summed E-state index contributed by atoms with van der Waals surface area (Å²) < 4.78 is 1.65. The molecule has 20 heavy (non-hydrogen) atoms. The molecule has 0 aliphatic carbocycles. The minimum atomic E-state index is -0.458. The van der Waals surface area contributed by atoms with Gasteiger partial charge in [-0.3, -0.25) is 9.48 Å². The molecule has 0 aliphatic rings. The summed E-state index contributed by atoms with van der Waals surface area (Å²) in [4.78, 5) is 12.1. The van der Waals surface area contributed by atoms with E-state index in [0.717, 1.165) is 0 Å². The first kappa shape index (κ1) is 14.7. The summed E-state index contributed by atoms with van der Waals surface area (Å²) in [7, 11) is 1.81. The van der Waals surface area contributed by atoms with Crippen LogP contribution < -0.4 is 10.6 Å². The van der Waals surface area contributed by atoms with Gasteiger partial charge in [-0.05, 0) is 19.1 Å². The Morgan fingerprint density at radius 3 is 2.75 bits per heavy atom. The number of carbonyl (C=O) groups is 1. The third-order valence-corrected chi connectivity index (χ3v) is 3.50. The van der Waals surface area contributed by atoms with Crippen molar-refractivity contribution in [1.29, 1.82) is 0 Å². The van der Waals surface area contributed by atoms with Gasteiger partial charge in [0.1, 0.15) is 11.9 Å². The quantitative estimate of drug-likeness (QED) is 0.911. The molecule has 106 valence electrons. The second kappa shape index (κ2) is 6.15. The zero-order valence-electron chi connectivity index (χ0n) is 11.0. The number of nitrogens with zero attached hydrogens (tertiary/aromatic N) is 2. The van der Waals surface area contributed by atoms with Crippen molar-refractivity contribution >= 4 is 40.6 Å². The van der Waals surface area contributed by atoms with Gasteiger partial charge in [0, 0.05) is 19.3 Å². The Hall–Kier alpha value is -1.72. The number of carbonyl (C=O) groups excluding carboxylic acids is 1. The van der Waals surface area contributed by atoms with Crippen molar-refractivity contribution in [2.24, 2.45) is 7.05 Å². The fraction of sp³-hybridized carbons (Fsp3) is 0.231. The van der Waals surface area contributed by atoms with Crippen LogP contribution in [-0.2, 0) is 11.8 Å². The number of hydrogen-bond donors (Lipinski definition) is 2. The van der Waals surface area contributed by atoms with E-state index in [4.69, 9.17) is 23.2 Å². The van der Waals surface area contributed by atoms with Crippen molar-refractivity contribution in [3.05, 3.63) is 40.5 Å². The van der Waals surface area contributed by atoms with Crippen LogP contribution in [0.4, 0.5) is 11.5 Å². The minimum absolute atomic E-state index is 0.222. The smallest absolute Gasteiger partial charge is 0.246 e. The maximum absolute atomic E-state index is 12.1. The van der Waals surface area contributed by atoms with Gasteiger partial charge in [-0.2, -0.15) is 5.10 Å². The molecule has 0 aliphatic heterocycles. The van der Waals surface area contributed by atoms with Gasteiger partial charge in [-0.15, -0.1) is 0 Å². The lowest BCUT2D eigenvalue weighted by Crippen LogP contribution is -2.32. The molecule has 1 unspecified atom stereocenters. The molecule has 2 aromatic rings. The van der Waals surface area contributed by atoms with Crippen LogP contribution in [0.3, 0.4) is 0 Å². The average Bonchev–Trinajstić information content (AvgIpc) is 2.80. The highest BCUT2D eigenvalue weighted by molar-refractivity contribution is 6.44. The number of aryl methyl sites for hydroxylation is 1. The predicted molar refractivity (Wildman–Crippen MR) is 81.4 cm³/mol. The van der Waals surface area contributed by atoms with Gasteiger partial charge in [0.05, 0.1) is 15.7 Å². The van der Waals surface area contributed by atoms with Crippen LogP contribution in [0.15, 0.2) is 30.5 Å². The topological polar surface area (TPSA) is 59.0 Å². The van der Waals surface area contributed by atoms with Crippen LogP contribution in [-0.4, -0.2) is 21.7 Å². The van der Waals surface area contributed by atoms with Gasteiger partial charge in [0.2, 0.25) is 5.91 Å². The fourth-order valence-corrected chi connectivity index (χ4v) is 1.97. The van der Waals surface area contributed by atoms with Crippen LogP contribution in [0.1, 0.15) is 6.92 Å². The number of rotatable bonds is 4. The monoisotopic (exact) mass is 312 g/mol. The first-order valence-electron chi connectivity index (χ1n) is 5.98. The lowest BCUT2D eigenvalue weighted by Gasteiger charge is -2.14. The van der Waals surface area contributed by atoms with Crippen LogP contribution in [0.25, 0.3) is 0 Å². The number of hydrogen-bond acceptors (Lipinski definition) is 3. The van der Waals surface area contributed by atoms with E-state index in [0.29, 0.717) is 21.6 Å². The maximum Gasteiger partial charge on any atom is 0.246 e. The van der Waals surface area contributed by atoms with E-state index in [9.17, 15) is 4.79 Å². The van der Waals surface area contributed by atoms with Crippen LogP contribution >= 0.6 is 23.2 Å². The van der Waals surface area contributed by atoms with E-state index in [1.807, 2.05) is 7.05 Å². The lowest BCUT2D eigenvalue weighted by atomic mass is 10.2. The normalized spacial score (nSPS) is 12.0. The number of aromatic nitrogens is 2. The Morgan fingerprint density at radius 2 is 2.10 bits per heavy atom. The summed E-state index contributed by atoms with van der Waals surface area (Å²) in [6.07, 6.45) is 1.79. The van der Waals surface area contributed by atoms with E-state index in [-0.39, 0.29) is 5.91 Å². The highest BCUT2D eigenvalue weighted by atomic mass is 35.5. The molecule has 2 N–H and O–H groups in total. The van der Waals surface area contributed by atoms with Gasteiger partial charge in [-0.25, -0.2) is 0 Å². The molecule has 1 aromatic carbocycles. The van der Waals surface area contributed by atoms with E-state index >= 15 is 0 Å². The molecule has 2 rings (SSSR count). The van der Waals surface area contributed by atoms with Crippen LogP contribution in [0, 0.1) is 0 Å². The molecule has 7 heteroatoms. The molecule has 0 radical (unpaired) electrons. The Labute approximate surface area is 126 Å². The fourth-order valence-electron chi connectivity index (χ4n) is 1.62. The largest absolute Gasteiger partial charge is 0.357 e. The molecular weight excluding hydrogens is 299 g/mol. The number of halogens is 2. The van der Waals surface area contributed by atoms with Gasteiger partial charge >= 0.3 is 0 Å². The number of amides is 1. The summed E-state index contributed by atoms with van der Waals surface area (Å²) in [5.41, 5.74) is 0.485. The van der Waals surface area contributed by atoms with Crippen molar-refractivity contribution in [3.8, 4) is 0 Å². The van der Waals surface area contributed by atoms with Gasteiger partial charge in [-0.1, -0.05) is 29.3 Å². The molecule has 1 atom stereocenters. The first-order chi connectivity index (χ1) is 9.47. The minimum Gasteiger partial charge on any atom is -0.357 e. The second-order valence-electron chi connectivity index (χ2n) is 4.33. The predicted octanol–water partition coefficient (Wildman–Crippen LogP) is 3.17. The Balaban J connectivity index is 2.02. The third kappa shape index (κ3) is 3.43. The van der Waals surface area contributed by atoms with Crippen molar-refractivity contribution in [2.75, 3.05) is 10.6 Å². The van der Waals surface area contributed by atoms with Crippen LogP contribution in [0.5, 0.6) is 0 Å². The molecule has 0 spiro atoms. The second-order valence-corrected chi connectivity index (χ2v) is 5.12. The number of benzene rings is 1. The standard InChI is InChI=1S/C13H14Cl2N4O/c1-8(16-11-6-7-19(2)18-11)13(20)17-10-5-3-4-9(14)12(10)15/h3-8H,1-2H3,(H,16,18)(H,17,20). The van der Waals surface area contributed by atoms with Gasteiger partial charge in [0.25, 0.3) is 0 Å². The van der Waals surface area contributed by atoms with Crippen molar-refractivity contribution in [3.63, 3.8) is 0 Å². The molecular formula is C13H14Cl2N4O. The maximum atomic E-state index is 12.1. The summed E-state index contributed by atoms with van der Waals surface area (Å²) in [5, 5.41) is 10.6. The van der Waals surface area contributed by atoms with E-state index < -0.39 is 6.04 Å². The van der Waals surface area contributed by atoms with E-state index in [1.165, 1.54) is 0 Å². The number of anilines is 2. The summed E-state index contributed by atoms with van der Waals surface area (Å²) >= 11 is 11.9. The zero-order chi connectivity index (χ0) is 14.7. The van der Waals surface area contributed by atoms with Gasteiger partial charge in [0.15, 0.2) is 0 Å². The van der Waals surface area contributed by atoms with Gasteiger partial charge < -0.3 is 10.6 Å². The Kier molecular flexibility index (Phi) is 4.52. The summed E-state index contributed by atoms with van der Waals surface area (Å²) in [5.74, 6) is 0.409. The Bertz CT molecular complexity index is 627. The molecule has 0 bridgehead atoms. The molecule has 0 saturated carbocycles. The molecule has 5 nitrogen and oxygen atoms in total. The Morgan fingerprint density at radius 1 is 1.35 bits per heavy atom. The zero-order valence-corrected chi connectivity index (χ0v) is 12.5. The molecule has 0 saturated heterocycles. The molecule has 1 heterocycles.